The Morgan fingerprint density at radius 2 is 1.88 bits per heavy atom. The summed E-state index contributed by atoms with van der Waals surface area (Å²) < 4.78 is 11.6. The second-order valence-electron chi connectivity index (χ2n) is 6.84. The van der Waals surface area contributed by atoms with Crippen LogP contribution < -0.4 is 5.32 Å². The van der Waals surface area contributed by atoms with Gasteiger partial charge in [0, 0.05) is 22.1 Å². The Morgan fingerprint density at radius 1 is 1.23 bits per heavy atom. The molecule has 2 rings (SSSR count). The highest BCUT2D eigenvalue weighted by atomic mass is 127. The number of aryl methyl sites for hydroxylation is 1. The first-order valence-corrected chi connectivity index (χ1v) is 9.89. The molecule has 0 bridgehead atoms. The number of hydrogen-bond acceptors (Lipinski definition) is 5. The fraction of sp³-hybridized carbons (Fsp3) is 0.421. The summed E-state index contributed by atoms with van der Waals surface area (Å²) in [6, 6.07) is 6.91. The number of alkyl halides is 1. The summed E-state index contributed by atoms with van der Waals surface area (Å²) in [5.41, 5.74) is 1.35. The molecule has 1 aromatic carbocycles. The molecule has 6 nitrogen and oxygen atoms in total. The van der Waals surface area contributed by atoms with E-state index in [0.29, 0.717) is 34.7 Å². The molecule has 0 unspecified atom stereocenters. The van der Waals surface area contributed by atoms with Gasteiger partial charge in [-0.3, -0.25) is 4.79 Å². The predicted molar refractivity (Wildman–Crippen MR) is 108 cm³/mol. The normalized spacial score (nSPS) is 11.3. The van der Waals surface area contributed by atoms with E-state index in [2.05, 4.69) is 33.1 Å². The van der Waals surface area contributed by atoms with Crippen LogP contribution in [0.4, 0.5) is 0 Å². The number of hydrogen-bond donors (Lipinski definition) is 1. The third-order valence-electron chi connectivity index (χ3n) is 3.48. The molecule has 1 heterocycles. The second-order valence-corrected chi connectivity index (χ2v) is 7.92. The van der Waals surface area contributed by atoms with Gasteiger partial charge < -0.3 is 14.6 Å². The van der Waals surface area contributed by atoms with E-state index in [-0.39, 0.29) is 5.91 Å². The van der Waals surface area contributed by atoms with E-state index in [1.807, 2.05) is 0 Å². The molecule has 0 saturated carbocycles. The fourth-order valence-electron chi connectivity index (χ4n) is 2.29. The van der Waals surface area contributed by atoms with Gasteiger partial charge in [-0.1, -0.05) is 39.9 Å². The standard InChI is InChI=1S/C19H23IN2O4/c1-12-15(18(24)25-19(2,3)4)16(22-26-12)13-6-8-14(9-7-13)17(23)21-11-5-10-20/h6-9H,5,10-11H2,1-4H3,(H,21,23). The van der Waals surface area contributed by atoms with Crippen LogP contribution in [-0.2, 0) is 4.74 Å². The number of esters is 1. The van der Waals surface area contributed by atoms with Crippen molar-refractivity contribution in [2.45, 2.75) is 39.7 Å². The summed E-state index contributed by atoms with van der Waals surface area (Å²) >= 11 is 2.27. The molecule has 0 fully saturated rings. The summed E-state index contributed by atoms with van der Waals surface area (Å²) in [6.07, 6.45) is 0.932. The van der Waals surface area contributed by atoms with Crippen molar-refractivity contribution in [2.75, 3.05) is 11.0 Å². The third-order valence-corrected chi connectivity index (χ3v) is 4.25. The van der Waals surface area contributed by atoms with Crippen LogP contribution in [-0.4, -0.2) is 33.6 Å². The predicted octanol–water partition coefficient (Wildman–Crippen LogP) is 4.16. The minimum atomic E-state index is -0.613. The zero-order valence-corrected chi connectivity index (χ0v) is 17.5. The van der Waals surface area contributed by atoms with E-state index < -0.39 is 11.6 Å². The highest BCUT2D eigenvalue weighted by molar-refractivity contribution is 14.1. The highest BCUT2D eigenvalue weighted by Gasteiger charge is 2.26. The lowest BCUT2D eigenvalue weighted by atomic mass is 10.0. The molecule has 26 heavy (non-hydrogen) atoms. The number of nitrogens with one attached hydrogen (secondary N) is 1. The van der Waals surface area contributed by atoms with E-state index >= 15 is 0 Å². The van der Waals surface area contributed by atoms with E-state index in [9.17, 15) is 9.59 Å². The number of carbonyl (C=O) groups excluding carboxylic acids is 2. The number of amides is 1. The summed E-state index contributed by atoms with van der Waals surface area (Å²) in [7, 11) is 0. The van der Waals surface area contributed by atoms with Crippen molar-refractivity contribution in [3.05, 3.63) is 41.2 Å². The van der Waals surface area contributed by atoms with Crippen LogP contribution in [0.1, 0.15) is 53.7 Å². The van der Waals surface area contributed by atoms with Crippen molar-refractivity contribution in [3.8, 4) is 11.3 Å². The number of rotatable bonds is 6. The Morgan fingerprint density at radius 3 is 2.46 bits per heavy atom. The minimum absolute atomic E-state index is 0.120. The van der Waals surface area contributed by atoms with Crippen LogP contribution in [0.5, 0.6) is 0 Å². The molecule has 0 radical (unpaired) electrons. The lowest BCUT2D eigenvalue weighted by Gasteiger charge is -2.19. The van der Waals surface area contributed by atoms with Gasteiger partial charge in [0.1, 0.15) is 22.6 Å². The van der Waals surface area contributed by atoms with Gasteiger partial charge >= 0.3 is 5.97 Å². The molecule has 0 saturated heterocycles. The number of carbonyl (C=O) groups is 2. The van der Waals surface area contributed by atoms with E-state index in [1.54, 1.807) is 52.0 Å². The number of aromatic nitrogens is 1. The monoisotopic (exact) mass is 470 g/mol. The van der Waals surface area contributed by atoms with E-state index in [4.69, 9.17) is 9.26 Å². The zero-order valence-electron chi connectivity index (χ0n) is 15.4. The Balaban J connectivity index is 2.22. The van der Waals surface area contributed by atoms with Crippen molar-refractivity contribution in [2.24, 2.45) is 0 Å². The van der Waals surface area contributed by atoms with Gasteiger partial charge in [-0.2, -0.15) is 0 Å². The number of ether oxygens (including phenoxy) is 1. The molecule has 0 aliphatic heterocycles. The van der Waals surface area contributed by atoms with Gasteiger partial charge in [-0.25, -0.2) is 4.79 Å². The first-order chi connectivity index (χ1) is 12.2. The van der Waals surface area contributed by atoms with Gasteiger partial charge in [0.2, 0.25) is 0 Å². The molecule has 2 aromatic rings. The first kappa shape index (κ1) is 20.4. The molecule has 1 aromatic heterocycles. The maximum atomic E-state index is 12.5. The number of nitrogens with zero attached hydrogens (tertiary/aromatic N) is 1. The van der Waals surface area contributed by atoms with Crippen LogP contribution in [0, 0.1) is 6.92 Å². The van der Waals surface area contributed by atoms with Gasteiger partial charge in [-0.15, -0.1) is 0 Å². The van der Waals surface area contributed by atoms with Crippen molar-refractivity contribution in [1.29, 1.82) is 0 Å². The van der Waals surface area contributed by atoms with Crippen molar-refractivity contribution in [3.63, 3.8) is 0 Å². The van der Waals surface area contributed by atoms with Crippen molar-refractivity contribution >= 4 is 34.5 Å². The van der Waals surface area contributed by atoms with Crippen molar-refractivity contribution < 1.29 is 18.8 Å². The van der Waals surface area contributed by atoms with Crippen LogP contribution in [0.2, 0.25) is 0 Å². The molecule has 0 spiro atoms. The summed E-state index contributed by atoms with van der Waals surface area (Å²) in [5.74, 6) is -0.202. The van der Waals surface area contributed by atoms with Gasteiger partial charge in [0.25, 0.3) is 5.91 Å². The Bertz CT molecular complexity index is 776. The van der Waals surface area contributed by atoms with Gasteiger partial charge in [0.05, 0.1) is 0 Å². The largest absolute Gasteiger partial charge is 0.456 e. The molecule has 7 heteroatoms. The maximum absolute atomic E-state index is 12.5. The Kier molecular flexibility index (Phi) is 6.80. The Hall–Kier alpha value is -1.90. The third kappa shape index (κ3) is 5.30. The minimum Gasteiger partial charge on any atom is -0.456 e. The number of halogens is 1. The number of benzene rings is 1. The quantitative estimate of drug-likeness (QED) is 0.297. The molecule has 140 valence electrons. The Labute approximate surface area is 166 Å². The highest BCUT2D eigenvalue weighted by Crippen LogP contribution is 2.27. The van der Waals surface area contributed by atoms with E-state index in [1.165, 1.54) is 0 Å². The second kappa shape index (κ2) is 8.66. The van der Waals surface area contributed by atoms with Gasteiger partial charge in [0.15, 0.2) is 0 Å². The first-order valence-electron chi connectivity index (χ1n) is 8.37. The van der Waals surface area contributed by atoms with Crippen LogP contribution in [0.3, 0.4) is 0 Å². The molecular formula is C19H23IN2O4. The summed E-state index contributed by atoms with van der Waals surface area (Å²) in [5, 5.41) is 6.86. The van der Waals surface area contributed by atoms with Crippen molar-refractivity contribution in [1.82, 2.24) is 10.5 Å². The molecule has 0 atom stereocenters. The molecule has 0 aliphatic carbocycles. The smallest absolute Gasteiger partial charge is 0.344 e. The molecular weight excluding hydrogens is 447 g/mol. The average Bonchev–Trinajstić information content (AvgIpc) is 2.95. The summed E-state index contributed by atoms with van der Waals surface area (Å²) in [4.78, 5) is 24.6. The van der Waals surface area contributed by atoms with Crippen LogP contribution in [0.25, 0.3) is 11.3 Å². The maximum Gasteiger partial charge on any atom is 0.344 e. The molecule has 1 N–H and O–H groups in total. The van der Waals surface area contributed by atoms with Gasteiger partial charge in [-0.05, 0) is 46.2 Å². The summed E-state index contributed by atoms with van der Waals surface area (Å²) in [6.45, 7) is 7.73. The van der Waals surface area contributed by atoms with E-state index in [0.717, 1.165) is 10.8 Å². The topological polar surface area (TPSA) is 81.4 Å². The zero-order chi connectivity index (χ0) is 19.3. The average molecular weight is 470 g/mol. The molecule has 0 aliphatic rings. The van der Waals surface area contributed by atoms with Crippen LogP contribution >= 0.6 is 22.6 Å². The lowest BCUT2D eigenvalue weighted by molar-refractivity contribution is 0.00685. The SMILES string of the molecule is Cc1onc(-c2ccc(C(=O)NCCCI)cc2)c1C(=O)OC(C)(C)C. The molecule has 1 amide bonds. The lowest BCUT2D eigenvalue weighted by Crippen LogP contribution is -2.24. The fourth-order valence-corrected chi connectivity index (χ4v) is 2.67. The van der Waals surface area contributed by atoms with Crippen LogP contribution in [0.15, 0.2) is 28.8 Å².